The molecule has 1 heterocycles. The Labute approximate surface area is 213 Å². The lowest BCUT2D eigenvalue weighted by Crippen LogP contribution is -2.38. The Balaban J connectivity index is 2.62. The minimum Gasteiger partial charge on any atom is -0.356 e. The van der Waals surface area contributed by atoms with Crippen molar-refractivity contribution in [3.63, 3.8) is 0 Å². The Morgan fingerprint density at radius 3 is 1.29 bits per heavy atom. The highest BCUT2D eigenvalue weighted by Crippen LogP contribution is 2.11. The van der Waals surface area contributed by atoms with Crippen LogP contribution in [-0.4, -0.2) is 84.1 Å². The number of nitrogens with one attached hydrogen (secondary N) is 1. The Hall–Kier alpha value is -2.12. The van der Waals surface area contributed by atoms with Crippen molar-refractivity contribution >= 4 is 23.6 Å². The molecule has 0 spiro atoms. The lowest BCUT2D eigenvalue weighted by atomic mass is 10.1. The summed E-state index contributed by atoms with van der Waals surface area (Å²) in [6, 6.07) is 0. The molecule has 0 aromatic heterocycles. The van der Waals surface area contributed by atoms with E-state index in [9.17, 15) is 19.2 Å². The molecule has 0 unspecified atom stereocenters. The minimum atomic E-state index is 0.0140. The van der Waals surface area contributed by atoms with Gasteiger partial charge in [-0.2, -0.15) is 0 Å². The normalized spacial score (nSPS) is 20.3. The summed E-state index contributed by atoms with van der Waals surface area (Å²) < 4.78 is 0. The van der Waals surface area contributed by atoms with Crippen molar-refractivity contribution in [2.45, 2.75) is 104 Å². The van der Waals surface area contributed by atoms with Gasteiger partial charge in [-0.25, -0.2) is 0 Å². The van der Waals surface area contributed by atoms with Gasteiger partial charge >= 0.3 is 0 Å². The maximum Gasteiger partial charge on any atom is 0.219 e. The van der Waals surface area contributed by atoms with Gasteiger partial charge in [-0.15, -0.1) is 0 Å². The number of hydrogen-bond acceptors (Lipinski definition) is 4. The first-order valence-corrected chi connectivity index (χ1v) is 13.8. The van der Waals surface area contributed by atoms with E-state index in [2.05, 4.69) is 5.32 Å². The second-order valence-electron chi connectivity index (χ2n) is 9.86. The van der Waals surface area contributed by atoms with Crippen molar-refractivity contribution in [1.29, 1.82) is 0 Å². The molecule has 35 heavy (non-hydrogen) atoms. The molecule has 8 nitrogen and oxygen atoms in total. The largest absolute Gasteiger partial charge is 0.356 e. The Morgan fingerprint density at radius 1 is 0.514 bits per heavy atom. The lowest BCUT2D eigenvalue weighted by molar-refractivity contribution is -0.129. The molecule has 1 fully saturated rings. The van der Waals surface area contributed by atoms with Crippen LogP contribution >= 0.6 is 0 Å². The van der Waals surface area contributed by atoms with E-state index < -0.39 is 0 Å². The van der Waals surface area contributed by atoms with Crippen LogP contribution in [0.4, 0.5) is 0 Å². The first-order valence-electron chi connectivity index (χ1n) is 13.8. The smallest absolute Gasteiger partial charge is 0.219 e. The number of amides is 4. The molecule has 4 amide bonds. The molecule has 1 aliphatic rings. The van der Waals surface area contributed by atoms with Crippen LogP contribution in [0.2, 0.25) is 0 Å². The van der Waals surface area contributed by atoms with E-state index in [0.29, 0.717) is 52.1 Å². The van der Waals surface area contributed by atoms with Crippen molar-refractivity contribution in [3.05, 3.63) is 0 Å². The SMILES string of the molecule is CC(=O)N1CCCCCCCCCCCC(=O)NCCCN(C(C)=O)CCCN(C(C)=O)CCC1. The summed E-state index contributed by atoms with van der Waals surface area (Å²) in [6.45, 7) is 9.20. The van der Waals surface area contributed by atoms with Crippen LogP contribution in [0.15, 0.2) is 0 Å². The Kier molecular flexibility index (Phi) is 16.9. The van der Waals surface area contributed by atoms with E-state index in [1.54, 1.807) is 25.7 Å². The van der Waals surface area contributed by atoms with E-state index in [1.807, 2.05) is 9.80 Å². The first kappa shape index (κ1) is 30.9. The molecule has 1 saturated heterocycles. The molecule has 0 radical (unpaired) electrons. The first-order chi connectivity index (χ1) is 16.8. The highest BCUT2D eigenvalue weighted by Gasteiger charge is 2.14. The number of rotatable bonds is 0. The van der Waals surface area contributed by atoms with Gasteiger partial charge in [0.05, 0.1) is 0 Å². The summed E-state index contributed by atoms with van der Waals surface area (Å²) in [5, 5.41) is 2.97. The topological polar surface area (TPSA) is 90.0 Å². The van der Waals surface area contributed by atoms with Crippen molar-refractivity contribution < 1.29 is 19.2 Å². The van der Waals surface area contributed by atoms with E-state index in [1.165, 1.54) is 32.1 Å². The van der Waals surface area contributed by atoms with E-state index in [4.69, 9.17) is 0 Å². The van der Waals surface area contributed by atoms with E-state index in [-0.39, 0.29) is 23.6 Å². The Bertz CT molecular complexity index is 641. The Morgan fingerprint density at radius 2 is 0.857 bits per heavy atom. The number of carbonyl (C=O) groups excluding carboxylic acids is 4. The number of carbonyl (C=O) groups is 4. The summed E-state index contributed by atoms with van der Waals surface area (Å²) in [7, 11) is 0. The zero-order valence-corrected chi connectivity index (χ0v) is 22.6. The van der Waals surface area contributed by atoms with E-state index >= 15 is 0 Å². The molecule has 1 rings (SSSR count). The predicted molar refractivity (Wildman–Crippen MR) is 140 cm³/mol. The second-order valence-corrected chi connectivity index (χ2v) is 9.86. The van der Waals surface area contributed by atoms with Gasteiger partial charge in [0.15, 0.2) is 0 Å². The van der Waals surface area contributed by atoms with E-state index in [0.717, 1.165) is 45.1 Å². The fraction of sp³-hybridized carbons (Fsp3) is 0.852. The van der Waals surface area contributed by atoms with Crippen molar-refractivity contribution in [1.82, 2.24) is 20.0 Å². The highest BCUT2D eigenvalue weighted by molar-refractivity contribution is 5.76. The molecule has 202 valence electrons. The minimum absolute atomic E-state index is 0.0140. The third-order valence-corrected chi connectivity index (χ3v) is 6.81. The van der Waals surface area contributed by atoms with Crippen molar-refractivity contribution in [2.75, 3.05) is 45.8 Å². The third-order valence-electron chi connectivity index (χ3n) is 6.81. The highest BCUT2D eigenvalue weighted by atomic mass is 16.2. The van der Waals surface area contributed by atoms with Crippen LogP contribution in [0.5, 0.6) is 0 Å². The van der Waals surface area contributed by atoms with Crippen molar-refractivity contribution in [2.24, 2.45) is 0 Å². The molecule has 1 N–H and O–H groups in total. The molecule has 0 aliphatic carbocycles. The monoisotopic (exact) mass is 494 g/mol. The van der Waals surface area contributed by atoms with Gasteiger partial charge in [-0.3, -0.25) is 19.2 Å². The third kappa shape index (κ3) is 15.5. The molecule has 0 bridgehead atoms. The van der Waals surface area contributed by atoms with Crippen LogP contribution < -0.4 is 5.32 Å². The summed E-state index contributed by atoms with van der Waals surface area (Å²) in [4.78, 5) is 53.8. The molecule has 8 heteroatoms. The van der Waals surface area contributed by atoms with Gasteiger partial charge in [0.1, 0.15) is 0 Å². The lowest BCUT2D eigenvalue weighted by Gasteiger charge is -2.26. The zero-order chi connectivity index (χ0) is 25.9. The summed E-state index contributed by atoms with van der Waals surface area (Å²) in [5.74, 6) is 0.234. The van der Waals surface area contributed by atoms with Crippen LogP contribution in [0, 0.1) is 0 Å². The summed E-state index contributed by atoms with van der Waals surface area (Å²) >= 11 is 0. The molecule has 0 aromatic rings. The zero-order valence-electron chi connectivity index (χ0n) is 22.6. The van der Waals surface area contributed by atoms with Crippen LogP contribution in [-0.2, 0) is 19.2 Å². The van der Waals surface area contributed by atoms with Crippen molar-refractivity contribution in [3.8, 4) is 0 Å². The summed E-state index contributed by atoms with van der Waals surface area (Å²) in [6.07, 6.45) is 13.0. The number of nitrogens with zero attached hydrogens (tertiary/aromatic N) is 3. The van der Waals surface area contributed by atoms with Crippen LogP contribution in [0.3, 0.4) is 0 Å². The number of hydrogen-bond donors (Lipinski definition) is 1. The fourth-order valence-corrected chi connectivity index (χ4v) is 4.60. The van der Waals surface area contributed by atoms with Gasteiger partial charge in [-0.05, 0) is 32.1 Å². The maximum atomic E-state index is 12.1. The molecular formula is C27H50N4O4. The van der Waals surface area contributed by atoms with Gasteiger partial charge in [0, 0.05) is 73.0 Å². The fourth-order valence-electron chi connectivity index (χ4n) is 4.60. The van der Waals surface area contributed by atoms with Gasteiger partial charge in [-0.1, -0.05) is 44.9 Å². The summed E-state index contributed by atoms with van der Waals surface area (Å²) in [5.41, 5.74) is 0. The average molecular weight is 495 g/mol. The molecular weight excluding hydrogens is 444 g/mol. The second kappa shape index (κ2) is 19.1. The van der Waals surface area contributed by atoms with Crippen LogP contribution in [0.25, 0.3) is 0 Å². The molecule has 0 saturated carbocycles. The van der Waals surface area contributed by atoms with Gasteiger partial charge in [0.25, 0.3) is 0 Å². The van der Waals surface area contributed by atoms with Gasteiger partial charge in [0.2, 0.25) is 23.6 Å². The average Bonchev–Trinajstić information content (AvgIpc) is 2.80. The molecule has 1 aliphatic heterocycles. The van der Waals surface area contributed by atoms with Crippen LogP contribution in [0.1, 0.15) is 104 Å². The standard InChI is InChI=1S/C27H50N4O4/c1-24(32)29-18-12-10-8-6-4-5-7-9-11-16-27(35)28-17-13-19-30(25(2)33)21-15-23-31(26(3)34)22-14-20-29/h4-23H2,1-3H3,(H,28,35). The quantitative estimate of drug-likeness (QED) is 0.556. The predicted octanol–water partition coefficient (Wildman–Crippen LogP) is 3.73. The van der Waals surface area contributed by atoms with Gasteiger partial charge < -0.3 is 20.0 Å². The molecule has 0 aromatic carbocycles. The molecule has 0 atom stereocenters. The maximum absolute atomic E-state index is 12.1.